The van der Waals surface area contributed by atoms with Crippen LogP contribution in [0.25, 0.3) is 0 Å². The van der Waals surface area contributed by atoms with Crippen LogP contribution in [0.5, 0.6) is 0 Å². The lowest BCUT2D eigenvalue weighted by atomic mass is 10.1. The number of nitrogens with zero attached hydrogens (tertiary/aromatic N) is 1. The summed E-state index contributed by atoms with van der Waals surface area (Å²) in [5, 5.41) is 1.84. The van der Waals surface area contributed by atoms with E-state index in [1.54, 1.807) is 6.20 Å². The molecule has 0 saturated carbocycles. The standard InChI is InChI=1S/C9H18N2/c1-6-9(8(3)4)10-11(5)7-2/h6-8,10H,2H2,1,3-5H3/b9-6-. The molecule has 0 fully saturated rings. The van der Waals surface area contributed by atoms with Gasteiger partial charge in [0.1, 0.15) is 0 Å². The third-order valence-corrected chi connectivity index (χ3v) is 1.51. The number of hydrogen-bond acceptors (Lipinski definition) is 2. The average molecular weight is 154 g/mol. The zero-order valence-electron chi connectivity index (χ0n) is 7.89. The highest BCUT2D eigenvalue weighted by atomic mass is 15.5. The molecule has 0 unspecified atom stereocenters. The molecule has 2 nitrogen and oxygen atoms in total. The predicted octanol–water partition coefficient (Wildman–Crippen LogP) is 2.13. The molecule has 0 bridgehead atoms. The van der Waals surface area contributed by atoms with E-state index in [0.29, 0.717) is 5.92 Å². The van der Waals surface area contributed by atoms with Crippen molar-refractivity contribution < 1.29 is 0 Å². The van der Waals surface area contributed by atoms with Crippen molar-refractivity contribution >= 4 is 0 Å². The first-order chi connectivity index (χ1) is 5.11. The molecule has 0 aromatic rings. The van der Waals surface area contributed by atoms with Gasteiger partial charge in [-0.25, -0.2) is 0 Å². The van der Waals surface area contributed by atoms with E-state index >= 15 is 0 Å². The van der Waals surface area contributed by atoms with Crippen LogP contribution in [0.15, 0.2) is 24.6 Å². The summed E-state index contributed by atoms with van der Waals surface area (Å²) in [4.78, 5) is 0. The van der Waals surface area contributed by atoms with Crippen molar-refractivity contribution in [2.45, 2.75) is 20.8 Å². The van der Waals surface area contributed by atoms with Crippen molar-refractivity contribution in [3.05, 3.63) is 24.6 Å². The van der Waals surface area contributed by atoms with Gasteiger partial charge in [-0.2, -0.15) is 0 Å². The monoisotopic (exact) mass is 154 g/mol. The Morgan fingerprint density at radius 3 is 2.36 bits per heavy atom. The number of allylic oxidation sites excluding steroid dienone is 2. The van der Waals surface area contributed by atoms with E-state index in [1.165, 1.54) is 5.70 Å². The van der Waals surface area contributed by atoms with E-state index in [4.69, 9.17) is 0 Å². The minimum Gasteiger partial charge on any atom is -0.303 e. The molecule has 0 heterocycles. The van der Waals surface area contributed by atoms with Crippen LogP contribution in [-0.2, 0) is 0 Å². The first kappa shape index (κ1) is 10.1. The highest BCUT2D eigenvalue weighted by Crippen LogP contribution is 2.05. The van der Waals surface area contributed by atoms with Crippen LogP contribution in [0.4, 0.5) is 0 Å². The Balaban J connectivity index is 3.99. The summed E-state index contributed by atoms with van der Waals surface area (Å²) in [5.41, 5.74) is 4.41. The lowest BCUT2D eigenvalue weighted by Crippen LogP contribution is -2.30. The van der Waals surface area contributed by atoms with Crippen molar-refractivity contribution in [1.29, 1.82) is 0 Å². The average Bonchev–Trinajstić information content (AvgIpc) is 1.99. The van der Waals surface area contributed by atoms with Gasteiger partial charge in [-0.05, 0) is 12.8 Å². The molecular weight excluding hydrogens is 136 g/mol. The molecule has 0 saturated heterocycles. The summed E-state index contributed by atoms with van der Waals surface area (Å²) in [6.07, 6.45) is 3.82. The number of hydrogen-bond donors (Lipinski definition) is 1. The fourth-order valence-electron chi connectivity index (χ4n) is 0.776. The topological polar surface area (TPSA) is 15.3 Å². The summed E-state index contributed by atoms with van der Waals surface area (Å²) in [5.74, 6) is 0.530. The Kier molecular flexibility index (Phi) is 4.42. The molecule has 0 atom stereocenters. The summed E-state index contributed by atoms with van der Waals surface area (Å²) in [6.45, 7) is 9.97. The molecule has 0 aromatic carbocycles. The molecule has 0 rings (SSSR count). The first-order valence-electron chi connectivity index (χ1n) is 3.90. The molecule has 0 radical (unpaired) electrons. The quantitative estimate of drug-likeness (QED) is 0.624. The van der Waals surface area contributed by atoms with E-state index in [0.717, 1.165) is 0 Å². The van der Waals surface area contributed by atoms with Gasteiger partial charge in [-0.15, -0.1) is 0 Å². The summed E-state index contributed by atoms with van der Waals surface area (Å²) in [6, 6.07) is 0. The molecular formula is C9H18N2. The van der Waals surface area contributed by atoms with Gasteiger partial charge in [-0.3, -0.25) is 5.01 Å². The Labute approximate surface area is 69.6 Å². The first-order valence-corrected chi connectivity index (χ1v) is 3.90. The smallest absolute Gasteiger partial charge is 0.0298 e. The van der Waals surface area contributed by atoms with Crippen molar-refractivity contribution in [2.75, 3.05) is 7.05 Å². The van der Waals surface area contributed by atoms with Crippen LogP contribution >= 0.6 is 0 Å². The third kappa shape index (κ3) is 3.71. The van der Waals surface area contributed by atoms with Gasteiger partial charge in [-0.1, -0.05) is 26.5 Å². The SMILES string of the molecule is C=CN(C)N/C(=C\C)C(C)C. The zero-order valence-corrected chi connectivity index (χ0v) is 7.89. The molecule has 2 heteroatoms. The second-order valence-corrected chi connectivity index (χ2v) is 2.80. The summed E-state index contributed by atoms with van der Waals surface area (Å²) in [7, 11) is 1.93. The van der Waals surface area contributed by atoms with Crippen LogP contribution in [-0.4, -0.2) is 12.1 Å². The van der Waals surface area contributed by atoms with Crippen molar-refractivity contribution in [1.82, 2.24) is 10.4 Å². The maximum absolute atomic E-state index is 3.64. The second kappa shape index (κ2) is 4.83. The van der Waals surface area contributed by atoms with Gasteiger partial charge in [0.25, 0.3) is 0 Å². The van der Waals surface area contributed by atoms with Crippen LogP contribution < -0.4 is 5.43 Å². The molecule has 0 spiro atoms. The van der Waals surface area contributed by atoms with Crippen LogP contribution in [0, 0.1) is 5.92 Å². The normalized spacial score (nSPS) is 11.5. The van der Waals surface area contributed by atoms with Gasteiger partial charge in [0.15, 0.2) is 0 Å². The Morgan fingerprint density at radius 2 is 2.09 bits per heavy atom. The Bertz CT molecular complexity index is 148. The van der Waals surface area contributed by atoms with E-state index in [9.17, 15) is 0 Å². The third-order valence-electron chi connectivity index (χ3n) is 1.51. The molecule has 0 amide bonds. The highest BCUT2D eigenvalue weighted by molar-refractivity contribution is 4.99. The molecule has 0 aliphatic heterocycles. The predicted molar refractivity (Wildman–Crippen MR) is 49.7 cm³/mol. The highest BCUT2D eigenvalue weighted by Gasteiger charge is 2.00. The van der Waals surface area contributed by atoms with Crippen LogP contribution in [0.1, 0.15) is 20.8 Å². The van der Waals surface area contributed by atoms with Crippen LogP contribution in [0.2, 0.25) is 0 Å². The fraction of sp³-hybridized carbons (Fsp3) is 0.556. The van der Waals surface area contributed by atoms with Gasteiger partial charge in [0, 0.05) is 18.9 Å². The molecule has 11 heavy (non-hydrogen) atoms. The Hall–Kier alpha value is -0.920. The molecule has 1 N–H and O–H groups in total. The van der Waals surface area contributed by atoms with Crippen molar-refractivity contribution in [3.8, 4) is 0 Å². The lowest BCUT2D eigenvalue weighted by molar-refractivity contribution is 0.350. The number of hydrazine groups is 1. The van der Waals surface area contributed by atoms with E-state index in [2.05, 4.69) is 31.9 Å². The minimum atomic E-state index is 0.530. The molecule has 0 aromatic heterocycles. The van der Waals surface area contributed by atoms with Gasteiger partial charge in [0.2, 0.25) is 0 Å². The van der Waals surface area contributed by atoms with Crippen LogP contribution in [0.3, 0.4) is 0 Å². The van der Waals surface area contributed by atoms with E-state index < -0.39 is 0 Å². The van der Waals surface area contributed by atoms with Crippen molar-refractivity contribution in [2.24, 2.45) is 5.92 Å². The molecule has 0 aliphatic carbocycles. The Morgan fingerprint density at radius 1 is 1.55 bits per heavy atom. The molecule has 64 valence electrons. The van der Waals surface area contributed by atoms with E-state index in [-0.39, 0.29) is 0 Å². The molecule has 0 aliphatic rings. The summed E-state index contributed by atoms with van der Waals surface area (Å²) >= 11 is 0. The number of nitrogens with one attached hydrogen (secondary N) is 1. The lowest BCUT2D eigenvalue weighted by Gasteiger charge is -2.21. The van der Waals surface area contributed by atoms with Crippen molar-refractivity contribution in [3.63, 3.8) is 0 Å². The maximum atomic E-state index is 3.64. The van der Waals surface area contributed by atoms with Gasteiger partial charge >= 0.3 is 0 Å². The fourth-order valence-corrected chi connectivity index (χ4v) is 0.776. The largest absolute Gasteiger partial charge is 0.303 e. The number of rotatable bonds is 4. The van der Waals surface area contributed by atoms with Gasteiger partial charge < -0.3 is 5.43 Å². The second-order valence-electron chi connectivity index (χ2n) is 2.80. The van der Waals surface area contributed by atoms with E-state index in [1.807, 2.05) is 19.0 Å². The maximum Gasteiger partial charge on any atom is 0.0298 e. The zero-order chi connectivity index (χ0) is 8.85. The van der Waals surface area contributed by atoms with Gasteiger partial charge in [0.05, 0.1) is 0 Å². The minimum absolute atomic E-state index is 0.530. The summed E-state index contributed by atoms with van der Waals surface area (Å²) < 4.78 is 0.